The molecule has 1 amide bonds. The SMILES string of the molecule is Cc1ccc(C)c(OCC(=O)Nc2ccc(OCc3ccc(Cl)cc3)cc2)c1. The maximum atomic E-state index is 12.1. The summed E-state index contributed by atoms with van der Waals surface area (Å²) < 4.78 is 11.4. The molecule has 0 heterocycles. The summed E-state index contributed by atoms with van der Waals surface area (Å²) in [7, 11) is 0. The second-order valence-corrected chi connectivity index (χ2v) is 6.98. The molecule has 0 unspecified atom stereocenters. The van der Waals surface area contributed by atoms with E-state index < -0.39 is 0 Å². The zero-order chi connectivity index (χ0) is 19.9. The third-order valence-electron chi connectivity index (χ3n) is 4.16. The van der Waals surface area contributed by atoms with Crippen molar-refractivity contribution in [1.82, 2.24) is 0 Å². The zero-order valence-electron chi connectivity index (χ0n) is 15.9. The highest BCUT2D eigenvalue weighted by Gasteiger charge is 2.06. The molecule has 3 aromatic carbocycles. The van der Waals surface area contributed by atoms with Crippen molar-refractivity contribution >= 4 is 23.2 Å². The van der Waals surface area contributed by atoms with Crippen LogP contribution in [0.1, 0.15) is 16.7 Å². The fourth-order valence-corrected chi connectivity index (χ4v) is 2.71. The normalized spacial score (nSPS) is 10.4. The molecule has 0 bridgehead atoms. The highest BCUT2D eigenvalue weighted by atomic mass is 35.5. The van der Waals surface area contributed by atoms with Gasteiger partial charge in [0.15, 0.2) is 6.61 Å². The van der Waals surface area contributed by atoms with Gasteiger partial charge in [-0.15, -0.1) is 0 Å². The Morgan fingerprint density at radius 1 is 0.929 bits per heavy atom. The van der Waals surface area contributed by atoms with E-state index >= 15 is 0 Å². The number of halogens is 1. The molecule has 0 aliphatic carbocycles. The maximum Gasteiger partial charge on any atom is 0.262 e. The number of ether oxygens (including phenoxy) is 2. The van der Waals surface area contributed by atoms with Gasteiger partial charge < -0.3 is 14.8 Å². The lowest BCUT2D eigenvalue weighted by Crippen LogP contribution is -2.20. The van der Waals surface area contributed by atoms with Crippen LogP contribution in [0.3, 0.4) is 0 Å². The second-order valence-electron chi connectivity index (χ2n) is 6.55. The van der Waals surface area contributed by atoms with Crippen molar-refractivity contribution in [2.45, 2.75) is 20.5 Å². The first-order chi connectivity index (χ1) is 13.5. The average Bonchev–Trinajstić information content (AvgIpc) is 2.69. The van der Waals surface area contributed by atoms with E-state index in [1.165, 1.54) is 0 Å². The van der Waals surface area contributed by atoms with Crippen LogP contribution in [-0.4, -0.2) is 12.5 Å². The van der Waals surface area contributed by atoms with Crippen molar-refractivity contribution in [1.29, 1.82) is 0 Å². The third-order valence-corrected chi connectivity index (χ3v) is 4.41. The van der Waals surface area contributed by atoms with E-state index in [1.54, 1.807) is 12.1 Å². The van der Waals surface area contributed by atoms with E-state index in [2.05, 4.69) is 5.32 Å². The molecule has 0 saturated heterocycles. The van der Waals surface area contributed by atoms with Gasteiger partial charge in [0.1, 0.15) is 18.1 Å². The van der Waals surface area contributed by atoms with E-state index in [9.17, 15) is 4.79 Å². The molecule has 0 atom stereocenters. The summed E-state index contributed by atoms with van der Waals surface area (Å²) in [5, 5.41) is 3.52. The predicted octanol–water partition coefficient (Wildman–Crippen LogP) is 5.55. The first-order valence-corrected chi connectivity index (χ1v) is 9.34. The van der Waals surface area contributed by atoms with Gasteiger partial charge in [-0.1, -0.05) is 35.9 Å². The molecule has 0 fully saturated rings. The van der Waals surface area contributed by atoms with Gasteiger partial charge in [-0.05, 0) is 73.0 Å². The minimum absolute atomic E-state index is 0.0425. The minimum Gasteiger partial charge on any atom is -0.489 e. The summed E-state index contributed by atoms with van der Waals surface area (Å²) in [4.78, 5) is 12.1. The third kappa shape index (κ3) is 5.76. The fourth-order valence-electron chi connectivity index (χ4n) is 2.58. The second kappa shape index (κ2) is 9.29. The molecule has 3 rings (SSSR count). The van der Waals surface area contributed by atoms with E-state index in [0.29, 0.717) is 17.3 Å². The Hall–Kier alpha value is -2.98. The van der Waals surface area contributed by atoms with Crippen LogP contribution >= 0.6 is 11.6 Å². The van der Waals surface area contributed by atoms with E-state index in [-0.39, 0.29) is 12.5 Å². The standard InChI is InChI=1S/C23H22ClNO3/c1-16-3-4-17(2)22(13-16)28-15-23(26)25-20-9-11-21(12-10-20)27-14-18-5-7-19(24)8-6-18/h3-13H,14-15H2,1-2H3,(H,25,26). The van der Waals surface area contributed by atoms with Crippen molar-refractivity contribution in [3.8, 4) is 11.5 Å². The summed E-state index contributed by atoms with van der Waals surface area (Å²) in [5.41, 5.74) is 3.81. The number of benzene rings is 3. The van der Waals surface area contributed by atoms with Gasteiger partial charge in [0, 0.05) is 10.7 Å². The summed E-state index contributed by atoms with van der Waals surface area (Å²) in [6, 6.07) is 20.7. The number of anilines is 1. The quantitative estimate of drug-likeness (QED) is 0.570. The van der Waals surface area contributed by atoms with Gasteiger partial charge in [-0.25, -0.2) is 0 Å². The number of hydrogen-bond acceptors (Lipinski definition) is 3. The number of nitrogens with one attached hydrogen (secondary N) is 1. The first-order valence-electron chi connectivity index (χ1n) is 8.97. The van der Waals surface area contributed by atoms with Crippen LogP contribution in [0.4, 0.5) is 5.69 Å². The average molecular weight is 396 g/mol. The van der Waals surface area contributed by atoms with Gasteiger partial charge >= 0.3 is 0 Å². The Balaban J connectivity index is 1.48. The van der Waals surface area contributed by atoms with Crippen LogP contribution in [0.15, 0.2) is 66.7 Å². The lowest BCUT2D eigenvalue weighted by Gasteiger charge is -2.11. The molecule has 0 radical (unpaired) electrons. The van der Waals surface area contributed by atoms with Crippen LogP contribution in [0, 0.1) is 13.8 Å². The van der Waals surface area contributed by atoms with Crippen molar-refractivity contribution in [3.63, 3.8) is 0 Å². The Morgan fingerprint density at radius 2 is 1.64 bits per heavy atom. The lowest BCUT2D eigenvalue weighted by molar-refractivity contribution is -0.118. The monoisotopic (exact) mass is 395 g/mol. The highest BCUT2D eigenvalue weighted by molar-refractivity contribution is 6.30. The van der Waals surface area contributed by atoms with Gasteiger partial charge in [0.05, 0.1) is 0 Å². The van der Waals surface area contributed by atoms with E-state index in [4.69, 9.17) is 21.1 Å². The largest absolute Gasteiger partial charge is 0.489 e. The van der Waals surface area contributed by atoms with Crippen molar-refractivity contribution in [3.05, 3.63) is 88.4 Å². The maximum absolute atomic E-state index is 12.1. The van der Waals surface area contributed by atoms with Crippen LogP contribution in [0.2, 0.25) is 5.02 Å². The van der Waals surface area contributed by atoms with Crippen LogP contribution in [0.5, 0.6) is 11.5 Å². The molecule has 0 aliphatic heterocycles. The van der Waals surface area contributed by atoms with Crippen LogP contribution in [0.25, 0.3) is 0 Å². The van der Waals surface area contributed by atoms with Crippen molar-refractivity contribution in [2.75, 3.05) is 11.9 Å². The van der Waals surface area contributed by atoms with Crippen molar-refractivity contribution < 1.29 is 14.3 Å². The highest BCUT2D eigenvalue weighted by Crippen LogP contribution is 2.20. The summed E-state index contributed by atoms with van der Waals surface area (Å²) in [6.07, 6.45) is 0. The van der Waals surface area contributed by atoms with E-state index in [0.717, 1.165) is 28.2 Å². The Labute approximate surface area is 170 Å². The van der Waals surface area contributed by atoms with Gasteiger partial charge in [0.2, 0.25) is 0 Å². The van der Waals surface area contributed by atoms with E-state index in [1.807, 2.05) is 68.4 Å². The fraction of sp³-hybridized carbons (Fsp3) is 0.174. The van der Waals surface area contributed by atoms with Gasteiger partial charge in [-0.2, -0.15) is 0 Å². The number of hydrogen-bond donors (Lipinski definition) is 1. The summed E-state index contributed by atoms with van der Waals surface area (Å²) in [6.45, 7) is 4.35. The number of rotatable bonds is 7. The zero-order valence-corrected chi connectivity index (χ0v) is 16.6. The molecule has 0 spiro atoms. The Morgan fingerprint density at radius 3 is 2.36 bits per heavy atom. The molecule has 0 aromatic heterocycles. The first kappa shape index (κ1) is 19.8. The lowest BCUT2D eigenvalue weighted by atomic mass is 10.1. The molecule has 5 heteroatoms. The molecular weight excluding hydrogens is 374 g/mol. The topological polar surface area (TPSA) is 47.6 Å². The molecular formula is C23H22ClNO3. The molecule has 1 N–H and O–H groups in total. The Bertz CT molecular complexity index is 937. The molecule has 0 saturated carbocycles. The van der Waals surface area contributed by atoms with Crippen LogP contribution < -0.4 is 14.8 Å². The van der Waals surface area contributed by atoms with Crippen LogP contribution in [-0.2, 0) is 11.4 Å². The number of aryl methyl sites for hydroxylation is 2. The Kier molecular flexibility index (Phi) is 6.56. The van der Waals surface area contributed by atoms with Gasteiger partial charge in [-0.3, -0.25) is 4.79 Å². The number of carbonyl (C=O) groups is 1. The molecule has 28 heavy (non-hydrogen) atoms. The molecule has 0 aliphatic rings. The summed E-state index contributed by atoms with van der Waals surface area (Å²) in [5.74, 6) is 1.23. The van der Waals surface area contributed by atoms with Crippen molar-refractivity contribution in [2.24, 2.45) is 0 Å². The number of amides is 1. The molecule has 3 aromatic rings. The van der Waals surface area contributed by atoms with Gasteiger partial charge in [0.25, 0.3) is 5.91 Å². The smallest absolute Gasteiger partial charge is 0.262 e. The summed E-state index contributed by atoms with van der Waals surface area (Å²) >= 11 is 5.88. The number of carbonyl (C=O) groups excluding carboxylic acids is 1. The minimum atomic E-state index is -0.212. The predicted molar refractivity (Wildman–Crippen MR) is 112 cm³/mol. The molecule has 144 valence electrons. The molecule has 4 nitrogen and oxygen atoms in total.